The predicted octanol–water partition coefficient (Wildman–Crippen LogP) is 3.13. The maximum Gasteiger partial charge on any atom is 0.254 e. The highest BCUT2D eigenvalue weighted by atomic mass is 35.5. The summed E-state index contributed by atoms with van der Waals surface area (Å²) in [5.74, 6) is -0.660. The number of hydrogen-bond donors (Lipinski definition) is 1. The Morgan fingerprint density at radius 1 is 1.47 bits per heavy atom. The summed E-state index contributed by atoms with van der Waals surface area (Å²) in [6, 6.07) is 4.53. The second-order valence-electron chi connectivity index (χ2n) is 4.45. The third-order valence-corrected chi connectivity index (χ3v) is 3.21. The minimum atomic E-state index is -0.502. The fourth-order valence-electron chi connectivity index (χ4n) is 1.33. The van der Waals surface area contributed by atoms with Crippen LogP contribution in [-0.2, 0) is 0 Å². The molecule has 1 rings (SSSR count). The third kappa shape index (κ3) is 4.00. The van der Waals surface area contributed by atoms with Gasteiger partial charge < -0.3 is 5.32 Å². The summed E-state index contributed by atoms with van der Waals surface area (Å²) in [6.07, 6.45) is 0. The molecule has 94 valence electrons. The summed E-state index contributed by atoms with van der Waals surface area (Å²) < 4.78 is 13.5. The fraction of sp³-hybridized carbons (Fsp3) is 0.462. The van der Waals surface area contributed by atoms with Crippen molar-refractivity contribution in [2.45, 2.75) is 26.1 Å². The highest BCUT2D eigenvalue weighted by Gasteiger charge is 2.14. The normalized spacial score (nSPS) is 12.6. The van der Waals surface area contributed by atoms with Crippen LogP contribution in [0.5, 0.6) is 0 Å². The van der Waals surface area contributed by atoms with E-state index in [0.717, 1.165) is 5.56 Å². The number of hydrogen-bond acceptors (Lipinski definition) is 1. The van der Waals surface area contributed by atoms with Crippen LogP contribution in [0.3, 0.4) is 0 Å². The van der Waals surface area contributed by atoms with Gasteiger partial charge in [0.1, 0.15) is 5.82 Å². The molecule has 0 aliphatic carbocycles. The lowest BCUT2D eigenvalue weighted by Crippen LogP contribution is -2.32. The molecule has 0 aliphatic rings. The van der Waals surface area contributed by atoms with E-state index in [1.54, 1.807) is 13.0 Å². The van der Waals surface area contributed by atoms with Gasteiger partial charge in [0.15, 0.2) is 0 Å². The number of nitrogens with one attached hydrogen (secondary N) is 1. The molecule has 17 heavy (non-hydrogen) atoms. The smallest absolute Gasteiger partial charge is 0.254 e. The van der Waals surface area contributed by atoms with Crippen LogP contribution < -0.4 is 5.32 Å². The molecule has 0 fully saturated rings. The van der Waals surface area contributed by atoms with E-state index in [4.69, 9.17) is 11.6 Å². The lowest BCUT2D eigenvalue weighted by Gasteiger charge is -2.14. The van der Waals surface area contributed by atoms with Gasteiger partial charge in [-0.1, -0.05) is 19.9 Å². The third-order valence-electron chi connectivity index (χ3n) is 2.55. The Morgan fingerprint density at radius 2 is 2.12 bits per heavy atom. The molecule has 0 bridgehead atoms. The first kappa shape index (κ1) is 14.0. The topological polar surface area (TPSA) is 29.1 Å². The van der Waals surface area contributed by atoms with E-state index in [-0.39, 0.29) is 16.9 Å². The first-order valence-corrected chi connectivity index (χ1v) is 6.04. The quantitative estimate of drug-likeness (QED) is 0.825. The summed E-state index contributed by atoms with van der Waals surface area (Å²) >= 11 is 6.00. The Balaban J connectivity index is 2.64. The lowest BCUT2D eigenvalue weighted by molar-refractivity contribution is 0.0948. The number of aryl methyl sites for hydroxylation is 1. The van der Waals surface area contributed by atoms with E-state index in [9.17, 15) is 9.18 Å². The summed E-state index contributed by atoms with van der Waals surface area (Å²) in [5, 5.41) is 2.48. The molecule has 2 nitrogen and oxygen atoms in total. The molecule has 0 radical (unpaired) electrons. The molecule has 0 aliphatic heterocycles. The van der Waals surface area contributed by atoms with Crippen LogP contribution in [0.25, 0.3) is 0 Å². The standard InChI is InChI=1S/C13H17ClFNO/c1-8(2)11(14)7-16-13(17)10-5-4-9(3)6-12(10)15/h4-6,8,11H,7H2,1-3H3,(H,16,17). The van der Waals surface area contributed by atoms with Gasteiger partial charge in [-0.25, -0.2) is 4.39 Å². The van der Waals surface area contributed by atoms with Crippen molar-refractivity contribution < 1.29 is 9.18 Å². The van der Waals surface area contributed by atoms with Crippen molar-refractivity contribution in [2.75, 3.05) is 6.54 Å². The summed E-state index contributed by atoms with van der Waals surface area (Å²) in [5.41, 5.74) is 0.847. The van der Waals surface area contributed by atoms with Crippen LogP contribution in [-0.4, -0.2) is 17.8 Å². The van der Waals surface area contributed by atoms with Gasteiger partial charge in [-0.2, -0.15) is 0 Å². The molecule has 0 heterocycles. The Kier molecular flexibility index (Phi) is 4.94. The SMILES string of the molecule is Cc1ccc(C(=O)NCC(Cl)C(C)C)c(F)c1. The van der Waals surface area contributed by atoms with Crippen LogP contribution in [0.1, 0.15) is 29.8 Å². The predicted molar refractivity (Wildman–Crippen MR) is 67.9 cm³/mol. The van der Waals surface area contributed by atoms with Gasteiger partial charge in [0.05, 0.1) is 10.9 Å². The Hall–Kier alpha value is -1.09. The number of carbonyl (C=O) groups excluding carboxylic acids is 1. The summed E-state index contributed by atoms with van der Waals surface area (Å²) in [7, 11) is 0. The zero-order valence-electron chi connectivity index (χ0n) is 10.3. The first-order chi connectivity index (χ1) is 7.91. The highest BCUT2D eigenvalue weighted by Crippen LogP contribution is 2.11. The number of alkyl halides is 1. The first-order valence-electron chi connectivity index (χ1n) is 5.60. The van der Waals surface area contributed by atoms with E-state index in [2.05, 4.69) is 5.32 Å². The molecule has 1 unspecified atom stereocenters. The molecule has 0 saturated heterocycles. The van der Waals surface area contributed by atoms with Crippen molar-refractivity contribution in [2.24, 2.45) is 5.92 Å². The van der Waals surface area contributed by atoms with Gasteiger partial charge in [0.25, 0.3) is 5.91 Å². The zero-order valence-corrected chi connectivity index (χ0v) is 11.0. The minimum Gasteiger partial charge on any atom is -0.350 e. The van der Waals surface area contributed by atoms with Gasteiger partial charge in [0, 0.05) is 6.54 Å². The summed E-state index contributed by atoms with van der Waals surface area (Å²) in [6.45, 7) is 6.05. The van der Waals surface area contributed by atoms with Crippen molar-refractivity contribution >= 4 is 17.5 Å². The van der Waals surface area contributed by atoms with Gasteiger partial charge in [-0.3, -0.25) is 4.79 Å². The van der Waals surface area contributed by atoms with Crippen molar-refractivity contribution in [1.29, 1.82) is 0 Å². The number of rotatable bonds is 4. The second-order valence-corrected chi connectivity index (χ2v) is 5.01. The monoisotopic (exact) mass is 257 g/mol. The van der Waals surface area contributed by atoms with Crippen LogP contribution in [0.15, 0.2) is 18.2 Å². The number of benzene rings is 1. The molecule has 1 aromatic carbocycles. The average Bonchev–Trinajstić information content (AvgIpc) is 2.25. The molecule has 0 aromatic heterocycles. The van der Waals surface area contributed by atoms with Gasteiger partial charge in [-0.05, 0) is 30.5 Å². The molecular weight excluding hydrogens is 241 g/mol. The van der Waals surface area contributed by atoms with E-state index >= 15 is 0 Å². The molecular formula is C13H17ClFNO. The molecule has 0 spiro atoms. The van der Waals surface area contributed by atoms with E-state index in [0.29, 0.717) is 6.54 Å². The van der Waals surface area contributed by atoms with Crippen molar-refractivity contribution in [3.8, 4) is 0 Å². The molecule has 0 saturated carbocycles. The van der Waals surface area contributed by atoms with Gasteiger partial charge >= 0.3 is 0 Å². The van der Waals surface area contributed by atoms with Crippen molar-refractivity contribution in [3.63, 3.8) is 0 Å². The lowest BCUT2D eigenvalue weighted by atomic mass is 10.1. The van der Waals surface area contributed by atoms with Crippen molar-refractivity contribution in [3.05, 3.63) is 35.1 Å². The maximum atomic E-state index is 13.5. The fourth-order valence-corrected chi connectivity index (χ4v) is 1.40. The van der Waals surface area contributed by atoms with E-state index in [1.165, 1.54) is 12.1 Å². The Bertz CT molecular complexity index is 406. The van der Waals surface area contributed by atoms with Gasteiger partial charge in [-0.15, -0.1) is 11.6 Å². The molecule has 1 atom stereocenters. The number of carbonyl (C=O) groups is 1. The van der Waals surface area contributed by atoms with Crippen LogP contribution in [0.2, 0.25) is 0 Å². The number of amides is 1. The highest BCUT2D eigenvalue weighted by molar-refractivity contribution is 6.21. The van der Waals surface area contributed by atoms with E-state index in [1.807, 2.05) is 13.8 Å². The number of halogens is 2. The van der Waals surface area contributed by atoms with Crippen LogP contribution in [0.4, 0.5) is 4.39 Å². The van der Waals surface area contributed by atoms with Crippen molar-refractivity contribution in [1.82, 2.24) is 5.32 Å². The zero-order chi connectivity index (χ0) is 13.0. The maximum absolute atomic E-state index is 13.5. The van der Waals surface area contributed by atoms with Gasteiger partial charge in [0.2, 0.25) is 0 Å². The summed E-state index contributed by atoms with van der Waals surface area (Å²) in [4.78, 5) is 11.7. The molecule has 1 N–H and O–H groups in total. The largest absolute Gasteiger partial charge is 0.350 e. The Morgan fingerprint density at radius 3 is 2.65 bits per heavy atom. The van der Waals surface area contributed by atoms with E-state index < -0.39 is 11.7 Å². The molecule has 4 heteroatoms. The van der Waals surface area contributed by atoms with Crippen LogP contribution >= 0.6 is 11.6 Å². The second kappa shape index (κ2) is 6.01. The molecule has 1 amide bonds. The van der Waals surface area contributed by atoms with Crippen LogP contribution in [0, 0.1) is 18.7 Å². The molecule has 1 aromatic rings. The average molecular weight is 258 g/mol. The Labute approximate surface area is 106 Å². The minimum absolute atomic E-state index is 0.0585.